The second kappa shape index (κ2) is 44.8. The van der Waals surface area contributed by atoms with Gasteiger partial charge in [0.2, 0.25) is 5.91 Å². The number of nitrogens with one attached hydrogen (secondary N) is 1. The Morgan fingerprint density at radius 3 is 1.34 bits per heavy atom. The van der Waals surface area contributed by atoms with Crippen molar-refractivity contribution in [1.29, 1.82) is 0 Å². The van der Waals surface area contributed by atoms with Crippen LogP contribution in [0.25, 0.3) is 0 Å². The molecule has 1 saturated heterocycles. The lowest BCUT2D eigenvalue weighted by atomic mass is 9.99. The van der Waals surface area contributed by atoms with E-state index < -0.39 is 59.9 Å². The first kappa shape index (κ1) is 63.9. The summed E-state index contributed by atoms with van der Waals surface area (Å²) in [4.78, 5) is 13.1. The van der Waals surface area contributed by atoms with Gasteiger partial charge in [0.1, 0.15) is 24.4 Å². The number of ether oxygens (including phenoxy) is 2. The maximum atomic E-state index is 13.1. The van der Waals surface area contributed by atoms with Crippen LogP contribution in [0.3, 0.4) is 0 Å². The van der Waals surface area contributed by atoms with Gasteiger partial charge in [-0.15, -0.1) is 0 Å². The van der Waals surface area contributed by atoms with Crippen LogP contribution < -0.4 is 5.32 Å². The molecule has 13 heteroatoms. The number of hydrogen-bond donors (Lipinski definition) is 6. The maximum absolute atomic E-state index is 13.1. The molecule has 1 amide bonds. The van der Waals surface area contributed by atoms with Crippen LogP contribution in [0, 0.1) is 0 Å². The Morgan fingerprint density at radius 2 is 0.955 bits per heavy atom. The molecule has 12 nitrogen and oxygen atoms in total. The molecule has 0 radical (unpaired) electrons. The summed E-state index contributed by atoms with van der Waals surface area (Å²) in [5, 5.41) is 44.8. The summed E-state index contributed by atoms with van der Waals surface area (Å²) in [5.41, 5.74) is 0. The fourth-order valence-corrected chi connectivity index (χ4v) is 9.73. The maximum Gasteiger partial charge on any atom is 0.397 e. The summed E-state index contributed by atoms with van der Waals surface area (Å²) >= 11 is 0. The monoisotopic (exact) mass is 976 g/mol. The van der Waals surface area contributed by atoms with Gasteiger partial charge in [-0.1, -0.05) is 238 Å². The molecule has 0 bridgehead atoms. The second-order valence-corrected chi connectivity index (χ2v) is 20.9. The quantitative estimate of drug-likeness (QED) is 0.0193. The van der Waals surface area contributed by atoms with Crippen molar-refractivity contribution in [3.05, 3.63) is 12.2 Å². The van der Waals surface area contributed by atoms with Crippen molar-refractivity contribution in [2.24, 2.45) is 0 Å². The van der Waals surface area contributed by atoms with Crippen molar-refractivity contribution >= 4 is 16.3 Å². The van der Waals surface area contributed by atoms with Gasteiger partial charge in [-0.2, -0.15) is 8.42 Å². The van der Waals surface area contributed by atoms with Crippen LogP contribution in [0.1, 0.15) is 271 Å². The standard InChI is InChI=1S/C54H105NO11S/c1-3-5-7-9-11-13-14-15-16-17-18-19-20-21-22-23-24-25-26-27-28-29-30-31-32-33-34-36-38-40-42-44-50(58)55-47(48(57)43-41-39-37-35-12-10-8-6-4-2)46-64-54-52(60)53(66-67(61,62)63)51(59)49(45-56)65-54/h21-22,47-49,51-54,56-57,59-60H,3-20,23-46H2,1-2H3,(H,55,58)(H,61,62,63)/b22-21-. The number of aliphatic hydroxyl groups is 4. The van der Waals surface area contributed by atoms with Gasteiger partial charge < -0.3 is 35.2 Å². The molecule has 7 unspecified atom stereocenters. The van der Waals surface area contributed by atoms with Gasteiger partial charge in [-0.05, 0) is 38.5 Å². The lowest BCUT2D eigenvalue weighted by molar-refractivity contribution is -0.298. The molecule has 398 valence electrons. The minimum atomic E-state index is -5.07. The molecule has 0 aromatic carbocycles. The summed E-state index contributed by atoms with van der Waals surface area (Å²) in [5.74, 6) is -0.228. The molecule has 1 aliphatic heterocycles. The minimum absolute atomic E-state index is 0.228. The number of carbonyl (C=O) groups is 1. The van der Waals surface area contributed by atoms with Gasteiger partial charge in [-0.3, -0.25) is 9.35 Å². The van der Waals surface area contributed by atoms with Crippen molar-refractivity contribution in [1.82, 2.24) is 5.32 Å². The minimum Gasteiger partial charge on any atom is -0.394 e. The first-order valence-corrected chi connectivity index (χ1v) is 29.4. The highest BCUT2D eigenvalue weighted by atomic mass is 32.3. The number of aliphatic hydroxyl groups excluding tert-OH is 4. The van der Waals surface area contributed by atoms with Gasteiger partial charge in [0, 0.05) is 6.42 Å². The Labute approximate surface area is 410 Å². The van der Waals surface area contributed by atoms with Crippen LogP contribution in [-0.4, -0.2) is 95.4 Å². The highest BCUT2D eigenvalue weighted by Gasteiger charge is 2.48. The highest BCUT2D eigenvalue weighted by Crippen LogP contribution is 2.26. The smallest absolute Gasteiger partial charge is 0.394 e. The topological polar surface area (TPSA) is 192 Å². The molecule has 0 spiro atoms. The third kappa shape index (κ3) is 37.3. The summed E-state index contributed by atoms with van der Waals surface area (Å²) in [6, 6.07) is -0.853. The normalized spacial score (nSPS) is 19.9. The summed E-state index contributed by atoms with van der Waals surface area (Å²) in [6.07, 6.45) is 44.0. The predicted molar refractivity (Wildman–Crippen MR) is 273 cm³/mol. The van der Waals surface area contributed by atoms with E-state index >= 15 is 0 Å². The zero-order valence-corrected chi connectivity index (χ0v) is 43.8. The number of rotatable bonds is 49. The average molecular weight is 976 g/mol. The summed E-state index contributed by atoms with van der Waals surface area (Å²) < 4.78 is 47.7. The van der Waals surface area contributed by atoms with Crippen LogP contribution in [-0.2, 0) is 28.9 Å². The molecule has 1 aliphatic rings. The molecular formula is C54H105NO11S. The first-order valence-electron chi connectivity index (χ1n) is 28.1. The number of hydrogen-bond acceptors (Lipinski definition) is 10. The van der Waals surface area contributed by atoms with Crippen LogP contribution in [0.15, 0.2) is 12.2 Å². The number of amides is 1. The number of unbranched alkanes of at least 4 members (excludes halogenated alkanes) is 35. The average Bonchev–Trinajstić information content (AvgIpc) is 3.30. The molecular weight excluding hydrogens is 871 g/mol. The predicted octanol–water partition coefficient (Wildman–Crippen LogP) is 12.7. The van der Waals surface area contributed by atoms with Gasteiger partial charge >= 0.3 is 10.4 Å². The van der Waals surface area contributed by atoms with E-state index in [0.29, 0.717) is 12.8 Å². The van der Waals surface area contributed by atoms with Crippen molar-refractivity contribution in [2.45, 2.75) is 314 Å². The second-order valence-electron chi connectivity index (χ2n) is 19.9. The van der Waals surface area contributed by atoms with Crippen molar-refractivity contribution in [3.8, 4) is 0 Å². The molecule has 6 N–H and O–H groups in total. The molecule has 0 aromatic rings. The largest absolute Gasteiger partial charge is 0.397 e. The van der Waals surface area contributed by atoms with Crippen molar-refractivity contribution in [3.63, 3.8) is 0 Å². The first-order chi connectivity index (χ1) is 32.5. The van der Waals surface area contributed by atoms with E-state index in [0.717, 1.165) is 51.4 Å². The van der Waals surface area contributed by atoms with E-state index in [1.807, 2.05) is 0 Å². The SMILES string of the molecule is CCCCCCCCCCCCCC/C=C\CCCCCCCCCCCCCCCCCC(=O)NC(COC1OC(CO)C(O)C(OS(=O)(=O)O)C1O)C(O)CCCCCCCCCCC. The fraction of sp³-hybridized carbons (Fsp3) is 0.944. The summed E-state index contributed by atoms with van der Waals surface area (Å²) in [6.45, 7) is 3.44. The number of carbonyl (C=O) groups excluding carboxylic acids is 1. The van der Waals surface area contributed by atoms with Gasteiger partial charge in [0.25, 0.3) is 0 Å². The fourth-order valence-electron chi connectivity index (χ4n) is 9.22. The van der Waals surface area contributed by atoms with Gasteiger partial charge in [0.15, 0.2) is 6.29 Å². The third-order valence-electron chi connectivity index (χ3n) is 13.6. The van der Waals surface area contributed by atoms with Crippen LogP contribution in [0.4, 0.5) is 0 Å². The van der Waals surface area contributed by atoms with E-state index in [1.165, 1.54) is 193 Å². The van der Waals surface area contributed by atoms with E-state index in [9.17, 15) is 38.2 Å². The Kier molecular flexibility index (Phi) is 42.7. The highest BCUT2D eigenvalue weighted by molar-refractivity contribution is 7.80. The molecule has 7 atom stereocenters. The van der Waals surface area contributed by atoms with E-state index in [2.05, 4.69) is 35.5 Å². The van der Waals surface area contributed by atoms with E-state index in [4.69, 9.17) is 9.47 Å². The van der Waals surface area contributed by atoms with Crippen molar-refractivity contribution in [2.75, 3.05) is 13.2 Å². The molecule has 0 aromatic heterocycles. The van der Waals surface area contributed by atoms with Gasteiger partial charge in [0.05, 0.1) is 25.4 Å². The Balaban J connectivity index is 2.19. The molecule has 1 rings (SSSR count). The van der Waals surface area contributed by atoms with E-state index in [-0.39, 0.29) is 12.5 Å². The lowest BCUT2D eigenvalue weighted by Crippen LogP contribution is -2.61. The van der Waals surface area contributed by atoms with Crippen LogP contribution in [0.2, 0.25) is 0 Å². The number of allylic oxidation sites excluding steroid dienone is 2. The lowest BCUT2D eigenvalue weighted by Gasteiger charge is -2.41. The zero-order valence-electron chi connectivity index (χ0n) is 43.0. The Hall–Kier alpha value is -1.16. The molecule has 0 aliphatic carbocycles. The van der Waals surface area contributed by atoms with E-state index in [1.54, 1.807) is 0 Å². The van der Waals surface area contributed by atoms with Crippen LogP contribution >= 0.6 is 0 Å². The summed E-state index contributed by atoms with van der Waals surface area (Å²) in [7, 11) is -5.07. The third-order valence-corrected chi connectivity index (χ3v) is 14.0. The molecule has 1 fully saturated rings. The Bertz CT molecular complexity index is 1240. The zero-order chi connectivity index (χ0) is 49.1. The van der Waals surface area contributed by atoms with Crippen molar-refractivity contribution < 1.29 is 51.8 Å². The van der Waals surface area contributed by atoms with Crippen LogP contribution in [0.5, 0.6) is 0 Å². The molecule has 1 heterocycles. The molecule has 0 saturated carbocycles. The molecule has 67 heavy (non-hydrogen) atoms. The van der Waals surface area contributed by atoms with Gasteiger partial charge in [-0.25, -0.2) is 4.18 Å². The Morgan fingerprint density at radius 1 is 0.582 bits per heavy atom.